The molecule has 10 heteroatoms. The number of rotatable bonds is 9. The van der Waals surface area contributed by atoms with Crippen LogP contribution in [0.2, 0.25) is 0 Å². The quantitative estimate of drug-likeness (QED) is 0.453. The Morgan fingerprint density at radius 1 is 0.951 bits per heavy atom. The molecule has 0 bridgehead atoms. The van der Waals surface area contributed by atoms with Crippen molar-refractivity contribution in [3.63, 3.8) is 0 Å². The molecule has 0 spiro atoms. The van der Waals surface area contributed by atoms with Crippen LogP contribution >= 0.6 is 0 Å². The van der Waals surface area contributed by atoms with Crippen molar-refractivity contribution in [2.45, 2.75) is 51.7 Å². The van der Waals surface area contributed by atoms with Crippen molar-refractivity contribution in [3.05, 3.63) is 59.7 Å². The maximum Gasteiger partial charge on any atom is 0.409 e. The van der Waals surface area contributed by atoms with Gasteiger partial charge in [0.1, 0.15) is 11.6 Å². The molecule has 4 rings (SSSR count). The lowest BCUT2D eigenvalue weighted by atomic mass is 9.98. The molecule has 1 atom stereocenters. The number of nitrogens with zero attached hydrogens (tertiary/aromatic N) is 3. The van der Waals surface area contributed by atoms with Gasteiger partial charge in [0.05, 0.1) is 13.2 Å². The molecule has 1 N–H and O–H groups in total. The number of benzene rings is 2. The molecule has 2 aromatic carbocycles. The van der Waals surface area contributed by atoms with Crippen LogP contribution in [0, 0.1) is 0 Å². The minimum Gasteiger partial charge on any atom is -0.450 e. The number of hydrogen-bond acceptors (Lipinski definition) is 7. The van der Waals surface area contributed by atoms with Gasteiger partial charge in [-0.3, -0.25) is 9.63 Å². The largest absolute Gasteiger partial charge is 0.450 e. The molecule has 0 unspecified atom stereocenters. The zero-order valence-corrected chi connectivity index (χ0v) is 24.7. The van der Waals surface area contributed by atoms with Gasteiger partial charge in [0.2, 0.25) is 5.91 Å². The van der Waals surface area contributed by atoms with Crippen molar-refractivity contribution in [2.24, 2.45) is 0 Å². The fraction of sp³-hybridized carbons (Fsp3) is 0.516. The van der Waals surface area contributed by atoms with Crippen LogP contribution in [0.5, 0.6) is 0 Å². The molecule has 1 heterocycles. The van der Waals surface area contributed by atoms with Gasteiger partial charge in [0.15, 0.2) is 0 Å². The third-order valence-electron chi connectivity index (χ3n) is 7.33. The number of amides is 3. The van der Waals surface area contributed by atoms with Crippen LogP contribution in [0.1, 0.15) is 51.2 Å². The summed E-state index contributed by atoms with van der Waals surface area (Å²) in [5, 5.41) is 4.37. The molecule has 2 aliphatic rings. The molecule has 0 saturated carbocycles. The monoisotopic (exact) mass is 566 g/mol. The van der Waals surface area contributed by atoms with Gasteiger partial charge < -0.3 is 24.6 Å². The number of nitrogens with one attached hydrogen (secondary N) is 1. The summed E-state index contributed by atoms with van der Waals surface area (Å²) < 4.78 is 10.5. The van der Waals surface area contributed by atoms with Crippen molar-refractivity contribution in [3.8, 4) is 11.1 Å². The summed E-state index contributed by atoms with van der Waals surface area (Å²) in [6, 6.07) is 16.0. The van der Waals surface area contributed by atoms with Crippen LogP contribution in [-0.2, 0) is 19.1 Å². The molecule has 0 radical (unpaired) electrons. The summed E-state index contributed by atoms with van der Waals surface area (Å²) in [6.07, 6.45) is -0.574. The summed E-state index contributed by atoms with van der Waals surface area (Å²) >= 11 is 0. The van der Waals surface area contributed by atoms with E-state index in [1.54, 1.807) is 49.6 Å². The Hall–Kier alpha value is -3.63. The van der Waals surface area contributed by atoms with E-state index in [2.05, 4.69) is 29.6 Å². The van der Waals surface area contributed by atoms with Crippen molar-refractivity contribution in [2.75, 3.05) is 53.0 Å². The highest BCUT2D eigenvalue weighted by molar-refractivity contribution is 5.82. The molecule has 10 nitrogen and oxygen atoms in total. The second-order valence-corrected chi connectivity index (χ2v) is 11.3. The van der Waals surface area contributed by atoms with Crippen LogP contribution in [0.4, 0.5) is 9.59 Å². The van der Waals surface area contributed by atoms with Gasteiger partial charge in [-0.1, -0.05) is 48.5 Å². The van der Waals surface area contributed by atoms with Crippen LogP contribution < -0.4 is 5.32 Å². The first kappa shape index (κ1) is 30.3. The number of likely N-dealkylation sites (N-methyl/N-ethyl adjacent to an activating group) is 1. The SMILES string of the molecule is CCOC(=O)N1CCN(C(=O)[C@H](CCNC(=O)OC(C)(C)C)N(C)OCC2c3ccccc3-c3ccccc32)CC1. The van der Waals surface area contributed by atoms with E-state index in [4.69, 9.17) is 14.3 Å². The van der Waals surface area contributed by atoms with E-state index >= 15 is 0 Å². The van der Waals surface area contributed by atoms with E-state index in [9.17, 15) is 14.4 Å². The van der Waals surface area contributed by atoms with Crippen molar-refractivity contribution < 1.29 is 28.7 Å². The van der Waals surface area contributed by atoms with Crippen molar-refractivity contribution in [1.82, 2.24) is 20.2 Å². The van der Waals surface area contributed by atoms with E-state index < -0.39 is 17.7 Å². The number of alkyl carbamates (subject to hydrolysis) is 1. The predicted molar refractivity (Wildman–Crippen MR) is 155 cm³/mol. The van der Waals surface area contributed by atoms with Gasteiger partial charge in [-0.05, 0) is 56.4 Å². The number of carbonyl (C=O) groups excluding carboxylic acids is 3. The minimum atomic E-state index is -0.647. The van der Waals surface area contributed by atoms with Crippen LogP contribution in [0.3, 0.4) is 0 Å². The third-order valence-corrected chi connectivity index (χ3v) is 7.33. The molecular formula is C31H42N4O6. The molecule has 1 aliphatic heterocycles. The summed E-state index contributed by atoms with van der Waals surface area (Å²) in [5.74, 6) is -0.0807. The number of hydroxylamine groups is 2. The lowest BCUT2D eigenvalue weighted by Gasteiger charge is -2.37. The van der Waals surface area contributed by atoms with Gasteiger partial charge in [0.25, 0.3) is 0 Å². The van der Waals surface area contributed by atoms with E-state index in [-0.39, 0.29) is 24.5 Å². The number of piperazine rings is 1. The third kappa shape index (κ3) is 7.56. The first-order chi connectivity index (χ1) is 19.6. The Morgan fingerprint density at radius 2 is 1.51 bits per heavy atom. The summed E-state index contributed by atoms with van der Waals surface area (Å²) in [6.45, 7) is 9.66. The van der Waals surface area contributed by atoms with E-state index in [1.807, 2.05) is 24.3 Å². The maximum absolute atomic E-state index is 13.8. The van der Waals surface area contributed by atoms with Gasteiger partial charge in [0, 0.05) is 45.7 Å². The molecule has 1 saturated heterocycles. The number of carbonyl (C=O) groups is 3. The minimum absolute atomic E-state index is 0.0358. The second kappa shape index (κ2) is 13.4. The summed E-state index contributed by atoms with van der Waals surface area (Å²) in [7, 11) is 1.76. The second-order valence-electron chi connectivity index (χ2n) is 11.3. The first-order valence-electron chi connectivity index (χ1n) is 14.3. The predicted octanol–water partition coefficient (Wildman–Crippen LogP) is 4.25. The summed E-state index contributed by atoms with van der Waals surface area (Å²) in [5.41, 5.74) is 4.19. The number of hydrogen-bond donors (Lipinski definition) is 1. The molecule has 1 aliphatic carbocycles. The lowest BCUT2D eigenvalue weighted by molar-refractivity contribution is -0.185. The molecule has 3 amide bonds. The highest BCUT2D eigenvalue weighted by Gasteiger charge is 2.34. The lowest BCUT2D eigenvalue weighted by Crippen LogP contribution is -2.56. The first-order valence-corrected chi connectivity index (χ1v) is 14.3. The van der Waals surface area contributed by atoms with E-state index in [0.717, 1.165) is 0 Å². The van der Waals surface area contributed by atoms with Gasteiger partial charge >= 0.3 is 12.2 Å². The number of fused-ring (bicyclic) bond motifs is 3. The fourth-order valence-corrected chi connectivity index (χ4v) is 5.34. The van der Waals surface area contributed by atoms with Crippen LogP contribution in [0.25, 0.3) is 11.1 Å². The molecule has 222 valence electrons. The fourth-order valence-electron chi connectivity index (χ4n) is 5.34. The highest BCUT2D eigenvalue weighted by Crippen LogP contribution is 2.44. The van der Waals surface area contributed by atoms with Crippen molar-refractivity contribution in [1.29, 1.82) is 0 Å². The molecule has 2 aromatic rings. The Bertz CT molecular complexity index is 1180. The molecule has 1 fully saturated rings. The van der Waals surface area contributed by atoms with Crippen LogP contribution in [-0.4, -0.2) is 97.6 Å². The topological polar surface area (TPSA) is 101 Å². The highest BCUT2D eigenvalue weighted by atomic mass is 16.7. The Labute approximate surface area is 242 Å². The zero-order chi connectivity index (χ0) is 29.6. The van der Waals surface area contributed by atoms with Gasteiger partial charge in [-0.15, -0.1) is 0 Å². The van der Waals surface area contributed by atoms with E-state index in [0.29, 0.717) is 45.8 Å². The Morgan fingerprint density at radius 3 is 2.07 bits per heavy atom. The Balaban J connectivity index is 1.43. The standard InChI is InChI=1S/C31H42N4O6/c1-6-39-30(38)35-19-17-34(18-20-35)28(36)27(15-16-32-29(37)41-31(2,3)4)33(5)40-21-26-24-13-9-7-11-22(24)23-12-8-10-14-25(23)26/h7-14,26-27H,6,15-21H2,1-5H3,(H,32,37)/t27-/m0/s1. The van der Waals surface area contributed by atoms with Gasteiger partial charge in [-0.25, -0.2) is 9.59 Å². The summed E-state index contributed by atoms with van der Waals surface area (Å²) in [4.78, 5) is 47.8. The number of ether oxygens (including phenoxy) is 2. The van der Waals surface area contributed by atoms with Gasteiger partial charge in [-0.2, -0.15) is 5.06 Å². The normalized spacial score (nSPS) is 15.8. The molecule has 41 heavy (non-hydrogen) atoms. The smallest absolute Gasteiger partial charge is 0.409 e. The zero-order valence-electron chi connectivity index (χ0n) is 24.7. The Kier molecular flexibility index (Phi) is 9.88. The average molecular weight is 567 g/mol. The molecule has 0 aromatic heterocycles. The van der Waals surface area contributed by atoms with E-state index in [1.165, 1.54) is 22.3 Å². The molecular weight excluding hydrogens is 524 g/mol. The average Bonchev–Trinajstić information content (AvgIpc) is 3.26. The van der Waals surface area contributed by atoms with Crippen molar-refractivity contribution >= 4 is 18.1 Å². The maximum atomic E-state index is 13.8. The van der Waals surface area contributed by atoms with Crippen LogP contribution in [0.15, 0.2) is 48.5 Å².